The molecule has 0 aliphatic rings. The zero-order valence-corrected chi connectivity index (χ0v) is 13.3. The molecule has 0 bridgehead atoms. The molecule has 0 saturated heterocycles. The maximum atomic E-state index is 5.71. The fraction of sp³-hybridized carbons (Fsp3) is 0.933. The molecule has 0 aliphatic heterocycles. The highest BCUT2D eigenvalue weighted by atomic mass is 32.1. The van der Waals surface area contributed by atoms with Gasteiger partial charge in [0.25, 0.3) is 5.17 Å². The van der Waals surface area contributed by atoms with Crippen molar-refractivity contribution in [3.05, 3.63) is 0 Å². The Morgan fingerprint density at radius 2 is 1.39 bits per heavy atom. The van der Waals surface area contributed by atoms with E-state index in [1.165, 1.54) is 51.4 Å². The van der Waals surface area contributed by atoms with Gasteiger partial charge in [0, 0.05) is 0 Å². The van der Waals surface area contributed by atoms with Crippen LogP contribution in [0.2, 0.25) is 0 Å². The van der Waals surface area contributed by atoms with Crippen molar-refractivity contribution in [3.63, 3.8) is 0 Å². The first-order valence-electron chi connectivity index (χ1n) is 7.52. The number of rotatable bonds is 11. The molecule has 0 aromatic heterocycles. The lowest BCUT2D eigenvalue weighted by Gasteiger charge is -2.30. The first kappa shape index (κ1) is 17.7. The van der Waals surface area contributed by atoms with Crippen molar-refractivity contribution in [3.8, 4) is 0 Å². The van der Waals surface area contributed by atoms with Crippen LogP contribution >= 0.6 is 12.2 Å². The van der Waals surface area contributed by atoms with E-state index in [4.69, 9.17) is 22.7 Å². The van der Waals surface area contributed by atoms with Gasteiger partial charge >= 0.3 is 0 Å². The quantitative estimate of drug-likeness (QED) is 0.427. The summed E-state index contributed by atoms with van der Waals surface area (Å²) in [6.45, 7) is 6.62. The summed E-state index contributed by atoms with van der Waals surface area (Å²) >= 11 is 4.90. The largest absolute Gasteiger partial charge is 0.465 e. The molecule has 0 amide bonds. The van der Waals surface area contributed by atoms with E-state index < -0.39 is 0 Å². The summed E-state index contributed by atoms with van der Waals surface area (Å²) in [4.78, 5) is 0. The number of unbranched alkanes of at least 4 members (excludes halogenated alkanes) is 6. The van der Waals surface area contributed by atoms with Crippen molar-refractivity contribution >= 4 is 17.4 Å². The molecule has 18 heavy (non-hydrogen) atoms. The monoisotopic (exact) mass is 273 g/mol. The van der Waals surface area contributed by atoms with Crippen LogP contribution in [0.1, 0.15) is 85.0 Å². The Morgan fingerprint density at radius 3 is 1.72 bits per heavy atom. The first-order valence-corrected chi connectivity index (χ1v) is 7.93. The Morgan fingerprint density at radius 1 is 0.944 bits per heavy atom. The van der Waals surface area contributed by atoms with Crippen molar-refractivity contribution in [1.82, 2.24) is 0 Å². The molecule has 0 unspecified atom stereocenters. The lowest BCUT2D eigenvalue weighted by Crippen LogP contribution is -2.34. The smallest absolute Gasteiger partial charge is 0.254 e. The fourth-order valence-corrected chi connectivity index (χ4v) is 2.52. The Kier molecular flexibility index (Phi) is 10.4. The molecule has 2 N–H and O–H groups in total. The van der Waals surface area contributed by atoms with Crippen LogP contribution < -0.4 is 5.73 Å². The van der Waals surface area contributed by atoms with Gasteiger partial charge in [-0.05, 0) is 44.8 Å². The van der Waals surface area contributed by atoms with Gasteiger partial charge in [-0.25, -0.2) is 0 Å². The molecule has 0 aromatic rings. The van der Waals surface area contributed by atoms with Crippen LogP contribution in [0.4, 0.5) is 0 Å². The Hall–Kier alpha value is -0.310. The molecule has 0 aromatic carbocycles. The molecule has 2 nitrogen and oxygen atoms in total. The zero-order valence-electron chi connectivity index (χ0n) is 12.5. The summed E-state index contributed by atoms with van der Waals surface area (Å²) in [6, 6.07) is 0. The third kappa shape index (κ3) is 9.69. The molecule has 0 saturated carbocycles. The molecule has 0 rings (SSSR count). The highest BCUT2D eigenvalue weighted by molar-refractivity contribution is 7.80. The number of ether oxygens (including phenoxy) is 1. The van der Waals surface area contributed by atoms with Gasteiger partial charge in [-0.2, -0.15) is 0 Å². The second-order valence-corrected chi connectivity index (χ2v) is 5.89. The molecular formula is C15H31NOS. The summed E-state index contributed by atoms with van der Waals surface area (Å²) in [5.74, 6) is 0. The van der Waals surface area contributed by atoms with Crippen LogP contribution in [0, 0.1) is 0 Å². The van der Waals surface area contributed by atoms with Crippen LogP contribution in [0.15, 0.2) is 0 Å². The van der Waals surface area contributed by atoms with E-state index in [1.54, 1.807) is 0 Å². The molecular weight excluding hydrogens is 242 g/mol. The Balaban J connectivity index is 4.03. The first-order chi connectivity index (χ1) is 8.54. The summed E-state index contributed by atoms with van der Waals surface area (Å²) < 4.78 is 5.71. The number of nitrogens with two attached hydrogens (primary N) is 1. The maximum absolute atomic E-state index is 5.71. The molecule has 0 spiro atoms. The van der Waals surface area contributed by atoms with Crippen LogP contribution in [0.25, 0.3) is 0 Å². The van der Waals surface area contributed by atoms with Gasteiger partial charge in [0.2, 0.25) is 0 Å². The lowest BCUT2D eigenvalue weighted by atomic mass is 9.91. The molecule has 108 valence electrons. The topological polar surface area (TPSA) is 35.2 Å². The van der Waals surface area contributed by atoms with E-state index in [2.05, 4.69) is 20.8 Å². The van der Waals surface area contributed by atoms with Crippen molar-refractivity contribution in [2.75, 3.05) is 0 Å². The number of thiocarbonyl (C=S) groups is 1. The second kappa shape index (κ2) is 10.6. The lowest BCUT2D eigenvalue weighted by molar-refractivity contribution is 0.0530. The van der Waals surface area contributed by atoms with Crippen LogP contribution in [-0.4, -0.2) is 10.8 Å². The molecule has 0 atom stereocenters. The summed E-state index contributed by atoms with van der Waals surface area (Å²) in [5, 5.41) is 0.198. The van der Waals surface area contributed by atoms with Crippen molar-refractivity contribution in [1.29, 1.82) is 0 Å². The minimum absolute atomic E-state index is 0.146. The number of hydrogen-bond donors (Lipinski definition) is 1. The average molecular weight is 273 g/mol. The minimum atomic E-state index is -0.146. The zero-order chi connectivity index (χ0) is 13.9. The van der Waals surface area contributed by atoms with E-state index in [0.717, 1.165) is 12.8 Å². The normalized spacial score (nSPS) is 11.5. The number of hydrogen-bond acceptors (Lipinski definition) is 2. The van der Waals surface area contributed by atoms with Crippen molar-refractivity contribution < 1.29 is 4.74 Å². The van der Waals surface area contributed by atoms with E-state index >= 15 is 0 Å². The van der Waals surface area contributed by atoms with Gasteiger partial charge in [-0.3, -0.25) is 0 Å². The SMILES string of the molecule is CCCCCCC(C)(CCCCCC)OC(N)=S. The standard InChI is InChI=1S/C15H31NOS/c1-4-6-8-10-12-15(3,17-14(16)18)13-11-9-7-5-2/h4-13H2,1-3H3,(H2,16,18). The predicted octanol–water partition coefficient (Wildman–Crippen LogP) is 4.95. The Labute approximate surface area is 119 Å². The summed E-state index contributed by atoms with van der Waals surface area (Å²) in [5.41, 5.74) is 5.40. The van der Waals surface area contributed by atoms with Gasteiger partial charge in [-0.1, -0.05) is 52.4 Å². The van der Waals surface area contributed by atoms with E-state index in [-0.39, 0.29) is 10.8 Å². The van der Waals surface area contributed by atoms with Crippen molar-refractivity contribution in [2.24, 2.45) is 5.73 Å². The molecule has 0 radical (unpaired) electrons. The van der Waals surface area contributed by atoms with E-state index in [0.29, 0.717) is 0 Å². The van der Waals surface area contributed by atoms with Crippen LogP contribution in [-0.2, 0) is 4.74 Å². The van der Waals surface area contributed by atoms with Gasteiger partial charge in [-0.15, -0.1) is 0 Å². The average Bonchev–Trinajstić information content (AvgIpc) is 2.30. The van der Waals surface area contributed by atoms with Gasteiger partial charge in [0.05, 0.1) is 0 Å². The van der Waals surface area contributed by atoms with Gasteiger partial charge < -0.3 is 10.5 Å². The van der Waals surface area contributed by atoms with E-state index in [1.807, 2.05) is 0 Å². The third-order valence-corrected chi connectivity index (χ3v) is 3.55. The fourth-order valence-electron chi connectivity index (χ4n) is 2.32. The van der Waals surface area contributed by atoms with Crippen molar-refractivity contribution in [2.45, 2.75) is 90.6 Å². The summed E-state index contributed by atoms with van der Waals surface area (Å²) in [7, 11) is 0. The molecule has 0 heterocycles. The van der Waals surface area contributed by atoms with Gasteiger partial charge in [0.1, 0.15) is 5.60 Å². The predicted molar refractivity (Wildman–Crippen MR) is 83.8 cm³/mol. The molecule has 0 fully saturated rings. The van der Waals surface area contributed by atoms with E-state index in [9.17, 15) is 0 Å². The molecule has 3 heteroatoms. The molecule has 0 aliphatic carbocycles. The highest BCUT2D eigenvalue weighted by Crippen LogP contribution is 2.26. The van der Waals surface area contributed by atoms with Gasteiger partial charge in [0.15, 0.2) is 0 Å². The maximum Gasteiger partial charge on any atom is 0.254 e. The summed E-state index contributed by atoms with van der Waals surface area (Å²) in [6.07, 6.45) is 12.3. The second-order valence-electron chi connectivity index (χ2n) is 5.49. The Bertz CT molecular complexity index is 207. The van der Waals surface area contributed by atoms with Crippen LogP contribution in [0.5, 0.6) is 0 Å². The van der Waals surface area contributed by atoms with Crippen LogP contribution in [0.3, 0.4) is 0 Å². The highest BCUT2D eigenvalue weighted by Gasteiger charge is 2.25. The minimum Gasteiger partial charge on any atom is -0.465 e. The third-order valence-electron chi connectivity index (χ3n) is 3.47.